The van der Waals surface area contributed by atoms with Crippen molar-refractivity contribution in [3.05, 3.63) is 29.8 Å². The van der Waals surface area contributed by atoms with Gasteiger partial charge in [0, 0.05) is 12.2 Å². The molecule has 0 fully saturated rings. The minimum absolute atomic E-state index is 0.549. The predicted molar refractivity (Wildman–Crippen MR) is 54.5 cm³/mol. The summed E-state index contributed by atoms with van der Waals surface area (Å²) in [7, 11) is 1.21. The molecule has 0 aliphatic carbocycles. The molecule has 4 nitrogen and oxygen atoms in total. The summed E-state index contributed by atoms with van der Waals surface area (Å²) in [6.07, 6.45) is 0.791. The lowest BCUT2D eigenvalue weighted by Gasteiger charge is -2.14. The van der Waals surface area contributed by atoms with E-state index in [0.717, 1.165) is 17.7 Å². The molecule has 4 heteroatoms. The molecule has 1 amide bonds. The fourth-order valence-electron chi connectivity index (χ4n) is 1.75. The second-order valence-corrected chi connectivity index (χ2v) is 3.33. The third-order valence-corrected chi connectivity index (χ3v) is 2.49. The largest absolute Gasteiger partial charge is 0.462 e. The van der Waals surface area contributed by atoms with Gasteiger partial charge in [0.25, 0.3) is 0 Å². The van der Waals surface area contributed by atoms with Crippen LogP contribution in [0.1, 0.15) is 5.56 Å². The van der Waals surface area contributed by atoms with Crippen molar-refractivity contribution in [3.8, 4) is 0 Å². The van der Waals surface area contributed by atoms with Crippen molar-refractivity contribution in [2.45, 2.75) is 6.42 Å². The molecule has 0 spiro atoms. The number of fused-ring (bicyclic) bond motifs is 1. The summed E-state index contributed by atoms with van der Waals surface area (Å²) in [5.74, 6) is -1.41. The first-order chi connectivity index (χ1) is 7.24. The number of carbonyl (C=O) groups excluding carboxylic acids is 2. The van der Waals surface area contributed by atoms with E-state index < -0.39 is 11.9 Å². The van der Waals surface area contributed by atoms with Gasteiger partial charge >= 0.3 is 11.9 Å². The quantitative estimate of drug-likeness (QED) is 0.464. The predicted octanol–water partition coefficient (Wildman–Crippen LogP) is 0.749. The molecule has 1 heterocycles. The Morgan fingerprint density at radius 1 is 1.33 bits per heavy atom. The van der Waals surface area contributed by atoms with E-state index in [9.17, 15) is 9.59 Å². The number of esters is 1. The molecule has 0 saturated carbocycles. The van der Waals surface area contributed by atoms with E-state index in [1.807, 2.05) is 24.3 Å². The Balaban J connectivity index is 2.28. The number of hydrogen-bond donors (Lipinski definition) is 0. The zero-order chi connectivity index (χ0) is 10.8. The molecular formula is C11H11NO3. The van der Waals surface area contributed by atoms with Crippen LogP contribution < -0.4 is 4.90 Å². The van der Waals surface area contributed by atoms with Gasteiger partial charge < -0.3 is 9.64 Å². The van der Waals surface area contributed by atoms with Crippen LogP contribution in [0.3, 0.4) is 0 Å². The Hall–Kier alpha value is -1.84. The van der Waals surface area contributed by atoms with Gasteiger partial charge in [-0.05, 0) is 18.1 Å². The number of amides is 1. The van der Waals surface area contributed by atoms with Crippen LogP contribution in [-0.2, 0) is 20.7 Å². The van der Waals surface area contributed by atoms with E-state index in [0.29, 0.717) is 6.54 Å². The molecule has 0 radical (unpaired) electrons. The van der Waals surface area contributed by atoms with E-state index >= 15 is 0 Å². The molecule has 1 aliphatic heterocycles. The molecule has 78 valence electrons. The smallest absolute Gasteiger partial charge is 0.397 e. The first-order valence-corrected chi connectivity index (χ1v) is 4.71. The van der Waals surface area contributed by atoms with Gasteiger partial charge in [0.05, 0.1) is 7.11 Å². The molecule has 0 N–H and O–H groups in total. The second kappa shape index (κ2) is 3.73. The molecule has 1 aromatic rings. The highest BCUT2D eigenvalue weighted by Crippen LogP contribution is 2.27. The zero-order valence-corrected chi connectivity index (χ0v) is 8.40. The Morgan fingerprint density at radius 2 is 2.07 bits per heavy atom. The van der Waals surface area contributed by atoms with Crippen LogP contribution in [0.2, 0.25) is 0 Å². The van der Waals surface area contributed by atoms with Crippen LogP contribution in [0, 0.1) is 0 Å². The lowest BCUT2D eigenvalue weighted by Crippen LogP contribution is -2.35. The van der Waals surface area contributed by atoms with Crippen molar-refractivity contribution in [3.63, 3.8) is 0 Å². The summed E-state index contributed by atoms with van der Waals surface area (Å²) < 4.78 is 4.41. The maximum atomic E-state index is 11.6. The van der Waals surface area contributed by atoms with Crippen LogP contribution in [-0.4, -0.2) is 25.5 Å². The van der Waals surface area contributed by atoms with E-state index in [2.05, 4.69) is 4.74 Å². The monoisotopic (exact) mass is 205 g/mol. The van der Waals surface area contributed by atoms with Gasteiger partial charge in [-0.15, -0.1) is 0 Å². The minimum Gasteiger partial charge on any atom is -0.462 e. The SMILES string of the molecule is COC(=O)C(=O)N1CCc2ccccc21. The molecule has 15 heavy (non-hydrogen) atoms. The Labute approximate surface area is 87.4 Å². The van der Waals surface area contributed by atoms with Gasteiger partial charge in [-0.25, -0.2) is 4.79 Å². The highest BCUT2D eigenvalue weighted by Gasteiger charge is 2.29. The molecule has 1 aromatic carbocycles. The number of nitrogens with zero attached hydrogens (tertiary/aromatic N) is 1. The molecule has 2 rings (SSSR count). The van der Waals surface area contributed by atoms with Gasteiger partial charge in [0.1, 0.15) is 0 Å². The van der Waals surface area contributed by atoms with Crippen LogP contribution in [0.15, 0.2) is 24.3 Å². The summed E-state index contributed by atoms with van der Waals surface area (Å²) in [6, 6.07) is 7.57. The third kappa shape index (κ3) is 1.58. The first kappa shape index (κ1) is 9.71. The fraction of sp³-hybridized carbons (Fsp3) is 0.273. The highest BCUT2D eigenvalue weighted by molar-refractivity contribution is 6.38. The highest BCUT2D eigenvalue weighted by atomic mass is 16.5. The topological polar surface area (TPSA) is 46.6 Å². The van der Waals surface area contributed by atoms with Gasteiger partial charge in [0.15, 0.2) is 0 Å². The molecule has 0 aromatic heterocycles. The second-order valence-electron chi connectivity index (χ2n) is 3.33. The Morgan fingerprint density at radius 3 is 2.80 bits per heavy atom. The molecular weight excluding hydrogens is 194 g/mol. The van der Waals surface area contributed by atoms with Crippen molar-refractivity contribution in [1.82, 2.24) is 0 Å². The summed E-state index contributed by atoms with van der Waals surface area (Å²) in [5, 5.41) is 0. The van der Waals surface area contributed by atoms with E-state index in [1.165, 1.54) is 12.0 Å². The van der Waals surface area contributed by atoms with Gasteiger partial charge in [-0.2, -0.15) is 0 Å². The van der Waals surface area contributed by atoms with Gasteiger partial charge in [-0.3, -0.25) is 4.79 Å². The number of methoxy groups -OCH3 is 1. The van der Waals surface area contributed by atoms with Crippen molar-refractivity contribution in [1.29, 1.82) is 0 Å². The van der Waals surface area contributed by atoms with Crippen LogP contribution in [0.25, 0.3) is 0 Å². The summed E-state index contributed by atoms with van der Waals surface area (Å²) in [5.41, 5.74) is 1.91. The van der Waals surface area contributed by atoms with E-state index in [-0.39, 0.29) is 0 Å². The Bertz CT molecular complexity index is 414. The molecule has 1 aliphatic rings. The number of anilines is 1. The van der Waals surface area contributed by atoms with Gasteiger partial charge in [0.2, 0.25) is 0 Å². The number of carbonyl (C=O) groups is 2. The van der Waals surface area contributed by atoms with E-state index in [4.69, 9.17) is 0 Å². The van der Waals surface area contributed by atoms with Crippen LogP contribution in [0.5, 0.6) is 0 Å². The first-order valence-electron chi connectivity index (χ1n) is 4.71. The number of hydrogen-bond acceptors (Lipinski definition) is 3. The third-order valence-electron chi connectivity index (χ3n) is 2.49. The number of ether oxygens (including phenoxy) is 1. The maximum Gasteiger partial charge on any atom is 0.397 e. The van der Waals surface area contributed by atoms with Crippen molar-refractivity contribution in [2.24, 2.45) is 0 Å². The molecule has 0 atom stereocenters. The van der Waals surface area contributed by atoms with Crippen LogP contribution in [0.4, 0.5) is 5.69 Å². The van der Waals surface area contributed by atoms with Gasteiger partial charge in [-0.1, -0.05) is 18.2 Å². The maximum absolute atomic E-state index is 11.6. The standard InChI is InChI=1S/C11H11NO3/c1-15-11(14)10(13)12-7-6-8-4-2-3-5-9(8)12/h2-5H,6-7H2,1H3. The molecule has 0 unspecified atom stereocenters. The van der Waals surface area contributed by atoms with Crippen molar-refractivity contribution in [2.75, 3.05) is 18.6 Å². The Kier molecular flexibility index (Phi) is 2.41. The molecule has 0 bridgehead atoms. The normalized spacial score (nSPS) is 13.5. The van der Waals surface area contributed by atoms with Crippen molar-refractivity contribution >= 4 is 17.6 Å². The summed E-state index contributed by atoms with van der Waals surface area (Å²) >= 11 is 0. The zero-order valence-electron chi connectivity index (χ0n) is 8.40. The van der Waals surface area contributed by atoms with E-state index in [1.54, 1.807) is 0 Å². The lowest BCUT2D eigenvalue weighted by molar-refractivity contribution is -0.151. The summed E-state index contributed by atoms with van der Waals surface area (Å²) in [6.45, 7) is 0.549. The van der Waals surface area contributed by atoms with Crippen molar-refractivity contribution < 1.29 is 14.3 Å². The lowest BCUT2D eigenvalue weighted by atomic mass is 10.2. The fourth-order valence-corrected chi connectivity index (χ4v) is 1.75. The number of rotatable bonds is 0. The summed E-state index contributed by atoms with van der Waals surface area (Å²) in [4.78, 5) is 24.1. The average molecular weight is 205 g/mol. The minimum atomic E-state index is -0.813. The average Bonchev–Trinajstić information content (AvgIpc) is 2.70. The number of benzene rings is 1. The van der Waals surface area contributed by atoms with Crippen LogP contribution >= 0.6 is 0 Å². The molecule has 0 saturated heterocycles. The number of para-hydroxylation sites is 1.